The number of carbonyl (C=O) groups is 2. The van der Waals surface area contributed by atoms with Gasteiger partial charge in [-0.25, -0.2) is 0 Å². The van der Waals surface area contributed by atoms with Crippen LogP contribution in [0.15, 0.2) is 11.6 Å². The number of ether oxygens (including phenoxy) is 1. The molecule has 0 saturated carbocycles. The molecular weight excluding hydrogens is 218 g/mol. The van der Waals surface area contributed by atoms with E-state index in [1.165, 1.54) is 0 Å². The second-order valence-corrected chi connectivity index (χ2v) is 5.03. The number of imide groups is 1. The van der Waals surface area contributed by atoms with E-state index >= 15 is 0 Å². The molecule has 4 nitrogen and oxygen atoms in total. The molecule has 94 valence electrons. The van der Waals surface area contributed by atoms with Crippen molar-refractivity contribution in [2.45, 2.75) is 45.8 Å². The van der Waals surface area contributed by atoms with Crippen LogP contribution >= 0.6 is 0 Å². The fourth-order valence-electron chi connectivity index (χ4n) is 2.65. The fourth-order valence-corrected chi connectivity index (χ4v) is 2.65. The van der Waals surface area contributed by atoms with Crippen LogP contribution in [0.3, 0.4) is 0 Å². The van der Waals surface area contributed by atoms with E-state index in [9.17, 15) is 9.59 Å². The summed E-state index contributed by atoms with van der Waals surface area (Å²) in [4.78, 5) is 23.1. The van der Waals surface area contributed by atoms with Gasteiger partial charge in [-0.3, -0.25) is 14.9 Å². The third-order valence-corrected chi connectivity index (χ3v) is 3.72. The standard InChI is InChI=1S/C13H19NO3/c1-4-10-7(2)6-11(17-10)9-5-8(3)12(15)14-13(9)16/h5,7,9-11H,4,6H2,1-3H3,(H,14,15,16)/t7-,9?,10-,11-/m1/s1. The molecule has 2 heterocycles. The normalized spacial score (nSPS) is 37.9. The largest absolute Gasteiger partial charge is 0.374 e. The van der Waals surface area contributed by atoms with Gasteiger partial charge in [0.2, 0.25) is 5.91 Å². The summed E-state index contributed by atoms with van der Waals surface area (Å²) in [6.07, 6.45) is 3.75. The van der Waals surface area contributed by atoms with Crippen LogP contribution in [-0.4, -0.2) is 24.0 Å². The highest BCUT2D eigenvalue weighted by Crippen LogP contribution is 2.33. The minimum absolute atomic E-state index is 0.0852. The first-order chi connectivity index (χ1) is 8.02. The van der Waals surface area contributed by atoms with E-state index in [4.69, 9.17) is 4.74 Å². The van der Waals surface area contributed by atoms with Crippen molar-refractivity contribution in [3.8, 4) is 0 Å². The van der Waals surface area contributed by atoms with E-state index in [1.54, 1.807) is 13.0 Å². The monoisotopic (exact) mass is 237 g/mol. The molecule has 0 aromatic heterocycles. The lowest BCUT2D eigenvalue weighted by atomic mass is 9.90. The lowest BCUT2D eigenvalue weighted by Gasteiger charge is -2.24. The quantitative estimate of drug-likeness (QED) is 0.739. The Hall–Kier alpha value is -1.16. The maximum Gasteiger partial charge on any atom is 0.253 e. The van der Waals surface area contributed by atoms with Gasteiger partial charge in [0.05, 0.1) is 18.1 Å². The molecule has 0 radical (unpaired) electrons. The minimum atomic E-state index is -0.313. The van der Waals surface area contributed by atoms with Gasteiger partial charge in [0.15, 0.2) is 0 Å². The highest BCUT2D eigenvalue weighted by atomic mass is 16.5. The molecule has 4 atom stereocenters. The Morgan fingerprint density at radius 2 is 2.18 bits per heavy atom. The topological polar surface area (TPSA) is 55.4 Å². The Labute approximate surface area is 101 Å². The molecule has 2 aliphatic rings. The second kappa shape index (κ2) is 4.61. The molecule has 0 aromatic rings. The maximum absolute atomic E-state index is 11.8. The van der Waals surface area contributed by atoms with Crippen molar-refractivity contribution >= 4 is 11.8 Å². The Morgan fingerprint density at radius 3 is 2.76 bits per heavy atom. The van der Waals surface area contributed by atoms with Gasteiger partial charge in [-0.15, -0.1) is 0 Å². The van der Waals surface area contributed by atoms with Crippen molar-refractivity contribution in [2.75, 3.05) is 0 Å². The van der Waals surface area contributed by atoms with Crippen LogP contribution < -0.4 is 5.32 Å². The van der Waals surface area contributed by atoms with E-state index < -0.39 is 0 Å². The minimum Gasteiger partial charge on any atom is -0.374 e. The van der Waals surface area contributed by atoms with Crippen LogP contribution in [0.1, 0.15) is 33.6 Å². The molecule has 1 fully saturated rings. The predicted octanol–water partition coefficient (Wildman–Crippen LogP) is 1.41. The molecular formula is C13H19NO3. The molecule has 2 rings (SSSR count). The Morgan fingerprint density at radius 1 is 1.47 bits per heavy atom. The molecule has 4 heteroatoms. The van der Waals surface area contributed by atoms with Gasteiger partial charge in [-0.05, 0) is 25.7 Å². The number of nitrogens with one attached hydrogen (secondary N) is 1. The number of hydrogen-bond acceptors (Lipinski definition) is 3. The molecule has 1 N–H and O–H groups in total. The molecule has 0 spiro atoms. The van der Waals surface area contributed by atoms with Crippen molar-refractivity contribution in [3.05, 3.63) is 11.6 Å². The SMILES string of the molecule is CC[C@H]1O[C@@H](C2C=C(C)C(=O)NC2=O)C[C@H]1C. The highest BCUT2D eigenvalue weighted by Gasteiger charge is 2.40. The zero-order valence-corrected chi connectivity index (χ0v) is 10.5. The lowest BCUT2D eigenvalue weighted by molar-refractivity contribution is -0.134. The first-order valence-corrected chi connectivity index (χ1v) is 6.22. The third kappa shape index (κ3) is 2.27. The molecule has 1 unspecified atom stereocenters. The predicted molar refractivity (Wildman–Crippen MR) is 63.1 cm³/mol. The van der Waals surface area contributed by atoms with Crippen LogP contribution in [0.5, 0.6) is 0 Å². The molecule has 2 amide bonds. The van der Waals surface area contributed by atoms with Crippen molar-refractivity contribution in [1.82, 2.24) is 5.32 Å². The second-order valence-electron chi connectivity index (χ2n) is 5.03. The zero-order valence-electron chi connectivity index (χ0n) is 10.5. The van der Waals surface area contributed by atoms with Gasteiger partial charge in [0.25, 0.3) is 5.91 Å². The molecule has 0 aromatic carbocycles. The highest BCUT2D eigenvalue weighted by molar-refractivity contribution is 6.08. The third-order valence-electron chi connectivity index (χ3n) is 3.72. The number of rotatable bonds is 2. The molecule has 1 saturated heterocycles. The Bertz CT molecular complexity index is 375. The smallest absolute Gasteiger partial charge is 0.253 e. The summed E-state index contributed by atoms with van der Waals surface area (Å²) in [5.41, 5.74) is 0.603. The van der Waals surface area contributed by atoms with E-state index in [0.29, 0.717) is 11.5 Å². The number of carbonyl (C=O) groups excluding carboxylic acids is 2. The van der Waals surface area contributed by atoms with Crippen molar-refractivity contribution in [2.24, 2.45) is 11.8 Å². The van der Waals surface area contributed by atoms with Crippen LogP contribution in [0.25, 0.3) is 0 Å². The fraction of sp³-hybridized carbons (Fsp3) is 0.692. The average molecular weight is 237 g/mol. The van der Waals surface area contributed by atoms with E-state index in [1.807, 2.05) is 0 Å². The summed E-state index contributed by atoms with van der Waals surface area (Å²) < 4.78 is 5.90. The van der Waals surface area contributed by atoms with Gasteiger partial charge in [-0.2, -0.15) is 0 Å². The Kier molecular flexibility index (Phi) is 3.33. The van der Waals surface area contributed by atoms with Gasteiger partial charge >= 0.3 is 0 Å². The van der Waals surface area contributed by atoms with Crippen LogP contribution in [0.2, 0.25) is 0 Å². The number of amides is 2. The van der Waals surface area contributed by atoms with E-state index in [-0.39, 0.29) is 29.9 Å². The van der Waals surface area contributed by atoms with Crippen molar-refractivity contribution in [3.63, 3.8) is 0 Å². The van der Waals surface area contributed by atoms with Crippen molar-refractivity contribution in [1.29, 1.82) is 0 Å². The van der Waals surface area contributed by atoms with E-state index in [0.717, 1.165) is 12.8 Å². The average Bonchev–Trinajstić information content (AvgIpc) is 2.65. The Balaban J connectivity index is 2.13. The van der Waals surface area contributed by atoms with Gasteiger partial charge in [0.1, 0.15) is 0 Å². The molecule has 17 heavy (non-hydrogen) atoms. The summed E-state index contributed by atoms with van der Waals surface area (Å²) in [7, 11) is 0. The molecule has 0 bridgehead atoms. The summed E-state index contributed by atoms with van der Waals surface area (Å²) >= 11 is 0. The molecule has 0 aliphatic carbocycles. The van der Waals surface area contributed by atoms with E-state index in [2.05, 4.69) is 19.2 Å². The summed E-state index contributed by atoms with van der Waals surface area (Å²) in [6.45, 7) is 5.97. The zero-order chi connectivity index (χ0) is 12.6. The van der Waals surface area contributed by atoms with Gasteiger partial charge in [0, 0.05) is 5.57 Å². The van der Waals surface area contributed by atoms with Crippen LogP contribution in [-0.2, 0) is 14.3 Å². The maximum atomic E-state index is 11.8. The lowest BCUT2D eigenvalue weighted by Crippen LogP contribution is -2.44. The van der Waals surface area contributed by atoms with Crippen LogP contribution in [0, 0.1) is 11.8 Å². The first-order valence-electron chi connectivity index (χ1n) is 6.22. The number of hydrogen-bond donors (Lipinski definition) is 1. The molecule has 2 aliphatic heterocycles. The van der Waals surface area contributed by atoms with Gasteiger partial charge < -0.3 is 4.74 Å². The first kappa shape index (κ1) is 12.3. The van der Waals surface area contributed by atoms with Crippen molar-refractivity contribution < 1.29 is 14.3 Å². The van der Waals surface area contributed by atoms with Gasteiger partial charge in [-0.1, -0.05) is 19.9 Å². The summed E-state index contributed by atoms with van der Waals surface area (Å²) in [5.74, 6) is -0.352. The van der Waals surface area contributed by atoms with Crippen LogP contribution in [0.4, 0.5) is 0 Å². The summed E-state index contributed by atoms with van der Waals surface area (Å²) in [5, 5.41) is 2.38. The summed E-state index contributed by atoms with van der Waals surface area (Å²) in [6, 6.07) is 0.